The van der Waals surface area contributed by atoms with Gasteiger partial charge in [-0.25, -0.2) is 4.98 Å². The number of hydrogen-bond acceptors (Lipinski definition) is 4. The van der Waals surface area contributed by atoms with Crippen LogP contribution < -0.4 is 10.9 Å². The molecule has 1 atom stereocenters. The van der Waals surface area contributed by atoms with Gasteiger partial charge in [-0.2, -0.15) is 0 Å². The molecule has 0 spiro atoms. The normalized spacial score (nSPS) is 12.4. The summed E-state index contributed by atoms with van der Waals surface area (Å²) in [5.74, 6) is 0.734. The average Bonchev–Trinajstić information content (AvgIpc) is 2.65. The second-order valence-electron chi connectivity index (χ2n) is 6.37. The fourth-order valence-corrected chi connectivity index (χ4v) is 3.15. The Kier molecular flexibility index (Phi) is 5.81. The topological polar surface area (TPSA) is 56.1 Å². The SMILES string of the molecule is CC[C@@H](NCCOC)c1nc2ccccc2c(=O)n1-c1cccc(C)c1. The van der Waals surface area contributed by atoms with Crippen molar-refractivity contribution in [2.24, 2.45) is 0 Å². The number of nitrogens with zero attached hydrogens (tertiary/aromatic N) is 2. The van der Waals surface area contributed by atoms with Crippen LogP contribution in [0, 0.1) is 6.92 Å². The largest absolute Gasteiger partial charge is 0.383 e. The van der Waals surface area contributed by atoms with Crippen LogP contribution in [-0.2, 0) is 4.74 Å². The molecule has 0 amide bonds. The van der Waals surface area contributed by atoms with E-state index in [0.29, 0.717) is 18.5 Å². The highest BCUT2D eigenvalue weighted by Gasteiger charge is 2.19. The molecule has 26 heavy (non-hydrogen) atoms. The molecule has 0 saturated carbocycles. The zero-order chi connectivity index (χ0) is 18.5. The number of methoxy groups -OCH3 is 1. The minimum absolute atomic E-state index is 0.0387. The maximum atomic E-state index is 13.3. The number of benzene rings is 2. The molecule has 3 rings (SSSR count). The van der Waals surface area contributed by atoms with Crippen LogP contribution in [0.4, 0.5) is 0 Å². The summed E-state index contributed by atoms with van der Waals surface area (Å²) in [6.45, 7) is 5.42. The van der Waals surface area contributed by atoms with E-state index in [1.165, 1.54) is 0 Å². The van der Waals surface area contributed by atoms with Gasteiger partial charge < -0.3 is 10.1 Å². The summed E-state index contributed by atoms with van der Waals surface area (Å²) in [4.78, 5) is 18.1. The molecule has 0 aliphatic carbocycles. The van der Waals surface area contributed by atoms with Crippen molar-refractivity contribution in [3.8, 4) is 5.69 Å². The molecular weight excluding hydrogens is 326 g/mol. The molecule has 0 aliphatic rings. The van der Waals surface area contributed by atoms with E-state index >= 15 is 0 Å². The first-order valence-corrected chi connectivity index (χ1v) is 8.96. The number of nitrogens with one attached hydrogen (secondary N) is 1. The fraction of sp³-hybridized carbons (Fsp3) is 0.333. The molecular formula is C21H25N3O2. The van der Waals surface area contributed by atoms with Crippen LogP contribution in [0.2, 0.25) is 0 Å². The summed E-state index contributed by atoms with van der Waals surface area (Å²) < 4.78 is 6.89. The number of rotatable bonds is 7. The molecule has 5 nitrogen and oxygen atoms in total. The second kappa shape index (κ2) is 8.25. The second-order valence-corrected chi connectivity index (χ2v) is 6.37. The van der Waals surface area contributed by atoms with Crippen molar-refractivity contribution in [1.82, 2.24) is 14.9 Å². The molecule has 5 heteroatoms. The van der Waals surface area contributed by atoms with Crippen molar-refractivity contribution in [3.63, 3.8) is 0 Å². The van der Waals surface area contributed by atoms with Crippen LogP contribution in [0.5, 0.6) is 0 Å². The lowest BCUT2D eigenvalue weighted by Crippen LogP contribution is -2.32. The van der Waals surface area contributed by atoms with Crippen LogP contribution in [0.3, 0.4) is 0 Å². The highest BCUT2D eigenvalue weighted by molar-refractivity contribution is 5.77. The lowest BCUT2D eigenvalue weighted by molar-refractivity contribution is 0.194. The van der Waals surface area contributed by atoms with Crippen molar-refractivity contribution in [3.05, 3.63) is 70.3 Å². The average molecular weight is 351 g/mol. The van der Waals surface area contributed by atoms with Crippen LogP contribution in [0.25, 0.3) is 16.6 Å². The minimum atomic E-state index is -0.0389. The van der Waals surface area contributed by atoms with Gasteiger partial charge in [0.15, 0.2) is 0 Å². The Balaban J connectivity index is 2.22. The molecule has 1 N–H and O–H groups in total. The maximum absolute atomic E-state index is 13.3. The predicted octanol–water partition coefficient (Wildman–Crippen LogP) is 3.38. The lowest BCUT2D eigenvalue weighted by Gasteiger charge is -2.22. The third-order valence-electron chi connectivity index (χ3n) is 4.48. The monoisotopic (exact) mass is 351 g/mol. The molecule has 0 unspecified atom stereocenters. The van der Waals surface area contributed by atoms with E-state index in [9.17, 15) is 4.79 Å². The Labute approximate surface area is 153 Å². The number of ether oxygens (including phenoxy) is 1. The van der Waals surface area contributed by atoms with E-state index in [0.717, 1.165) is 29.0 Å². The fourth-order valence-electron chi connectivity index (χ4n) is 3.15. The van der Waals surface area contributed by atoms with Crippen molar-refractivity contribution in [2.45, 2.75) is 26.3 Å². The zero-order valence-corrected chi connectivity index (χ0v) is 15.5. The Morgan fingerprint density at radius 1 is 1.19 bits per heavy atom. The Bertz CT molecular complexity index is 949. The molecule has 0 radical (unpaired) electrons. The Morgan fingerprint density at radius 2 is 2.00 bits per heavy atom. The summed E-state index contributed by atoms with van der Waals surface area (Å²) in [7, 11) is 1.68. The first-order valence-electron chi connectivity index (χ1n) is 8.96. The summed E-state index contributed by atoms with van der Waals surface area (Å²) in [5, 5.41) is 4.09. The van der Waals surface area contributed by atoms with E-state index in [-0.39, 0.29) is 11.6 Å². The van der Waals surface area contributed by atoms with Crippen molar-refractivity contribution >= 4 is 10.9 Å². The van der Waals surface area contributed by atoms with Gasteiger partial charge in [-0.15, -0.1) is 0 Å². The third kappa shape index (κ3) is 3.69. The Morgan fingerprint density at radius 3 is 2.73 bits per heavy atom. The van der Waals surface area contributed by atoms with Gasteiger partial charge >= 0.3 is 0 Å². The number of para-hydroxylation sites is 1. The quantitative estimate of drug-likeness (QED) is 0.663. The van der Waals surface area contributed by atoms with Gasteiger partial charge in [0.2, 0.25) is 0 Å². The van der Waals surface area contributed by atoms with Crippen LogP contribution in [0.15, 0.2) is 53.3 Å². The zero-order valence-electron chi connectivity index (χ0n) is 15.5. The predicted molar refractivity (Wildman–Crippen MR) is 105 cm³/mol. The van der Waals surface area contributed by atoms with Gasteiger partial charge in [0, 0.05) is 13.7 Å². The van der Waals surface area contributed by atoms with Crippen molar-refractivity contribution < 1.29 is 4.74 Å². The number of aryl methyl sites for hydroxylation is 1. The Hall–Kier alpha value is -2.50. The van der Waals surface area contributed by atoms with Crippen LogP contribution in [-0.4, -0.2) is 29.8 Å². The van der Waals surface area contributed by atoms with Gasteiger partial charge in [-0.1, -0.05) is 31.2 Å². The molecule has 0 fully saturated rings. The first kappa shape index (κ1) is 18.3. The van der Waals surface area contributed by atoms with Crippen LogP contribution >= 0.6 is 0 Å². The van der Waals surface area contributed by atoms with Gasteiger partial charge in [0.05, 0.1) is 29.2 Å². The smallest absolute Gasteiger partial charge is 0.266 e. The summed E-state index contributed by atoms with van der Waals surface area (Å²) >= 11 is 0. The van der Waals surface area contributed by atoms with E-state index in [4.69, 9.17) is 9.72 Å². The van der Waals surface area contributed by atoms with Crippen molar-refractivity contribution in [1.29, 1.82) is 0 Å². The van der Waals surface area contributed by atoms with E-state index in [1.54, 1.807) is 11.7 Å². The number of hydrogen-bond donors (Lipinski definition) is 1. The minimum Gasteiger partial charge on any atom is -0.383 e. The molecule has 0 bridgehead atoms. The van der Waals surface area contributed by atoms with Crippen LogP contribution in [0.1, 0.15) is 30.8 Å². The summed E-state index contributed by atoms with van der Waals surface area (Å²) in [5.41, 5.74) is 2.63. The van der Waals surface area contributed by atoms with Gasteiger partial charge in [-0.3, -0.25) is 9.36 Å². The van der Waals surface area contributed by atoms with E-state index in [1.807, 2.05) is 55.5 Å². The highest BCUT2D eigenvalue weighted by Crippen LogP contribution is 2.20. The molecule has 1 heterocycles. The molecule has 3 aromatic rings. The number of aromatic nitrogens is 2. The molecule has 0 aliphatic heterocycles. The summed E-state index contributed by atoms with van der Waals surface area (Å²) in [6, 6.07) is 15.4. The lowest BCUT2D eigenvalue weighted by atomic mass is 10.1. The summed E-state index contributed by atoms with van der Waals surface area (Å²) in [6.07, 6.45) is 0.820. The molecule has 0 saturated heterocycles. The first-order chi connectivity index (χ1) is 12.7. The molecule has 2 aromatic carbocycles. The number of fused-ring (bicyclic) bond motifs is 1. The molecule has 1 aromatic heterocycles. The van der Waals surface area contributed by atoms with Gasteiger partial charge in [0.25, 0.3) is 5.56 Å². The standard InChI is InChI=1S/C21H25N3O2/c1-4-18(22-12-13-26-3)20-23-19-11-6-5-10-17(19)21(25)24(20)16-9-7-8-15(2)14-16/h5-11,14,18,22H,4,12-13H2,1-3H3/t18-/m1/s1. The van der Waals surface area contributed by atoms with Gasteiger partial charge in [-0.05, 0) is 43.2 Å². The van der Waals surface area contributed by atoms with E-state index in [2.05, 4.69) is 12.2 Å². The molecule has 136 valence electrons. The van der Waals surface area contributed by atoms with Crippen molar-refractivity contribution in [2.75, 3.05) is 20.3 Å². The maximum Gasteiger partial charge on any atom is 0.266 e. The third-order valence-corrected chi connectivity index (χ3v) is 4.48. The van der Waals surface area contributed by atoms with E-state index < -0.39 is 0 Å². The highest BCUT2D eigenvalue weighted by atomic mass is 16.5. The van der Waals surface area contributed by atoms with Gasteiger partial charge in [0.1, 0.15) is 5.82 Å².